The van der Waals surface area contributed by atoms with E-state index in [9.17, 15) is 14.4 Å². The first kappa shape index (κ1) is 18.4. The molecule has 6 heteroatoms. The highest BCUT2D eigenvalue weighted by molar-refractivity contribution is 6.21. The molecule has 29 heavy (non-hydrogen) atoms. The zero-order chi connectivity index (χ0) is 20.2. The Morgan fingerprint density at radius 1 is 0.690 bits per heavy atom. The summed E-state index contributed by atoms with van der Waals surface area (Å²) in [6.07, 6.45) is 0.0372. The molecule has 3 amide bonds. The number of nitrogens with one attached hydrogen (secondary N) is 2. The lowest BCUT2D eigenvalue weighted by molar-refractivity contribution is -0.116. The van der Waals surface area contributed by atoms with Gasteiger partial charge in [-0.05, 0) is 48.5 Å². The fourth-order valence-corrected chi connectivity index (χ4v) is 3.20. The van der Waals surface area contributed by atoms with Crippen LogP contribution in [-0.4, -0.2) is 29.2 Å². The van der Waals surface area contributed by atoms with E-state index in [0.717, 1.165) is 16.3 Å². The number of nitrogens with zero attached hydrogens (tertiary/aromatic N) is 1. The van der Waals surface area contributed by atoms with Gasteiger partial charge in [-0.15, -0.1) is 0 Å². The molecule has 0 atom stereocenters. The fraction of sp³-hybridized carbons (Fsp3) is 0.0870. The van der Waals surface area contributed by atoms with Crippen molar-refractivity contribution in [2.75, 3.05) is 17.2 Å². The Hall–Kier alpha value is -3.93. The highest BCUT2D eigenvalue weighted by Crippen LogP contribution is 2.23. The first-order chi connectivity index (χ1) is 14.1. The minimum absolute atomic E-state index is 0.0372. The highest BCUT2D eigenvalue weighted by Gasteiger charge is 2.34. The zero-order valence-electron chi connectivity index (χ0n) is 15.6. The van der Waals surface area contributed by atoms with Gasteiger partial charge >= 0.3 is 0 Å². The first-order valence-corrected chi connectivity index (χ1v) is 9.29. The molecule has 0 fully saturated rings. The van der Waals surface area contributed by atoms with Crippen molar-refractivity contribution in [1.82, 2.24) is 4.90 Å². The van der Waals surface area contributed by atoms with Crippen molar-refractivity contribution < 1.29 is 14.4 Å². The van der Waals surface area contributed by atoms with E-state index in [1.807, 2.05) is 42.5 Å². The van der Waals surface area contributed by atoms with Crippen LogP contribution in [0.3, 0.4) is 0 Å². The Labute approximate surface area is 168 Å². The van der Waals surface area contributed by atoms with E-state index >= 15 is 0 Å². The molecule has 144 valence electrons. The summed E-state index contributed by atoms with van der Waals surface area (Å²) in [4.78, 5) is 38.0. The molecule has 3 aromatic rings. The molecule has 0 saturated heterocycles. The van der Waals surface area contributed by atoms with Crippen molar-refractivity contribution in [3.8, 4) is 0 Å². The van der Waals surface area contributed by atoms with Gasteiger partial charge in [-0.1, -0.05) is 30.3 Å². The lowest BCUT2D eigenvalue weighted by atomic mass is 10.1. The van der Waals surface area contributed by atoms with Crippen LogP contribution in [0.4, 0.5) is 17.1 Å². The summed E-state index contributed by atoms with van der Waals surface area (Å²) >= 11 is 0. The minimum Gasteiger partial charge on any atom is -0.356 e. The van der Waals surface area contributed by atoms with Gasteiger partial charge in [-0.3, -0.25) is 19.3 Å². The summed E-state index contributed by atoms with van der Waals surface area (Å²) in [5, 5.41) is 6.06. The van der Waals surface area contributed by atoms with Crippen LogP contribution < -0.4 is 10.6 Å². The van der Waals surface area contributed by atoms with E-state index in [1.165, 1.54) is 0 Å². The molecule has 0 spiro atoms. The topological polar surface area (TPSA) is 78.5 Å². The van der Waals surface area contributed by atoms with Crippen molar-refractivity contribution in [2.45, 2.75) is 6.42 Å². The normalized spacial score (nSPS) is 12.6. The molecular formula is C23H19N3O3. The Balaban J connectivity index is 1.31. The monoisotopic (exact) mass is 385 g/mol. The molecule has 0 radical (unpaired) electrons. The second-order valence-corrected chi connectivity index (χ2v) is 6.67. The van der Waals surface area contributed by atoms with Crippen LogP contribution in [0.5, 0.6) is 0 Å². The maximum absolute atomic E-state index is 12.3. The quantitative estimate of drug-likeness (QED) is 0.628. The smallest absolute Gasteiger partial charge is 0.261 e. The fourth-order valence-electron chi connectivity index (χ4n) is 3.20. The number of rotatable bonds is 6. The molecule has 3 aromatic carbocycles. The first-order valence-electron chi connectivity index (χ1n) is 9.29. The van der Waals surface area contributed by atoms with E-state index in [1.54, 1.807) is 36.4 Å². The van der Waals surface area contributed by atoms with Crippen LogP contribution in [-0.2, 0) is 4.79 Å². The number of carbonyl (C=O) groups is 3. The largest absolute Gasteiger partial charge is 0.356 e. The van der Waals surface area contributed by atoms with Crippen molar-refractivity contribution in [3.63, 3.8) is 0 Å². The van der Waals surface area contributed by atoms with Crippen molar-refractivity contribution >= 4 is 34.8 Å². The van der Waals surface area contributed by atoms with Gasteiger partial charge in [0.1, 0.15) is 0 Å². The molecule has 0 aromatic heterocycles. The zero-order valence-corrected chi connectivity index (χ0v) is 15.6. The average molecular weight is 385 g/mol. The number of anilines is 3. The molecule has 1 heterocycles. The van der Waals surface area contributed by atoms with Gasteiger partial charge < -0.3 is 10.6 Å². The van der Waals surface area contributed by atoms with Crippen LogP contribution >= 0.6 is 0 Å². The van der Waals surface area contributed by atoms with Gasteiger partial charge in [0.25, 0.3) is 11.8 Å². The Morgan fingerprint density at radius 3 is 1.83 bits per heavy atom. The molecule has 0 saturated carbocycles. The third-order valence-corrected chi connectivity index (χ3v) is 4.67. The lowest BCUT2D eigenvalue weighted by Crippen LogP contribution is -2.32. The van der Waals surface area contributed by atoms with Crippen LogP contribution in [0.1, 0.15) is 27.1 Å². The Bertz CT molecular complexity index is 1030. The summed E-state index contributed by atoms with van der Waals surface area (Å²) < 4.78 is 0. The summed E-state index contributed by atoms with van der Waals surface area (Å²) in [6.45, 7) is 0.0474. The van der Waals surface area contributed by atoms with E-state index < -0.39 is 0 Å². The summed E-state index contributed by atoms with van der Waals surface area (Å²) in [5.74, 6) is -0.963. The molecule has 4 rings (SSSR count). The van der Waals surface area contributed by atoms with E-state index in [2.05, 4.69) is 10.6 Å². The van der Waals surface area contributed by atoms with Crippen molar-refractivity contribution in [3.05, 3.63) is 90.0 Å². The van der Waals surface area contributed by atoms with Crippen LogP contribution in [0.15, 0.2) is 78.9 Å². The molecule has 0 unspecified atom stereocenters. The van der Waals surface area contributed by atoms with Crippen LogP contribution in [0, 0.1) is 0 Å². The average Bonchev–Trinajstić information content (AvgIpc) is 2.99. The second kappa shape index (κ2) is 7.98. The van der Waals surface area contributed by atoms with Gasteiger partial charge in [0.15, 0.2) is 0 Å². The second-order valence-electron chi connectivity index (χ2n) is 6.67. The van der Waals surface area contributed by atoms with Gasteiger partial charge in [0, 0.05) is 30.0 Å². The number of carbonyl (C=O) groups excluding carboxylic acids is 3. The minimum atomic E-state index is -0.352. The van der Waals surface area contributed by atoms with Gasteiger partial charge in [-0.2, -0.15) is 0 Å². The van der Waals surface area contributed by atoms with Crippen molar-refractivity contribution in [1.29, 1.82) is 0 Å². The van der Waals surface area contributed by atoms with Gasteiger partial charge in [0.05, 0.1) is 11.1 Å². The highest BCUT2D eigenvalue weighted by atomic mass is 16.2. The maximum atomic E-state index is 12.3. The SMILES string of the molecule is O=C(CCN1C(=O)c2ccccc2C1=O)Nc1ccc(Nc2ccccc2)cc1. The number of benzene rings is 3. The van der Waals surface area contributed by atoms with Crippen molar-refractivity contribution in [2.24, 2.45) is 0 Å². The summed E-state index contributed by atoms with van der Waals surface area (Å²) in [5.41, 5.74) is 3.31. The number of fused-ring (bicyclic) bond motifs is 1. The number of hydrogen-bond donors (Lipinski definition) is 2. The Kier molecular flexibility index (Phi) is 5.07. The van der Waals surface area contributed by atoms with E-state index in [0.29, 0.717) is 16.8 Å². The number of imide groups is 1. The summed E-state index contributed by atoms with van der Waals surface area (Å²) in [7, 11) is 0. The van der Waals surface area contributed by atoms with E-state index in [-0.39, 0.29) is 30.7 Å². The molecule has 0 aliphatic carbocycles. The standard InChI is InChI=1S/C23H19N3O3/c27-21(14-15-26-22(28)19-8-4-5-9-20(19)23(26)29)25-18-12-10-17(11-13-18)24-16-6-2-1-3-7-16/h1-13,24H,14-15H2,(H,25,27). The lowest BCUT2D eigenvalue weighted by Gasteiger charge is -2.13. The summed E-state index contributed by atoms with van der Waals surface area (Å²) in [6, 6.07) is 23.8. The number of hydrogen-bond acceptors (Lipinski definition) is 4. The molecule has 2 N–H and O–H groups in total. The van der Waals surface area contributed by atoms with Gasteiger partial charge in [-0.25, -0.2) is 0 Å². The third kappa shape index (κ3) is 4.01. The molecule has 1 aliphatic heterocycles. The Morgan fingerprint density at radius 2 is 1.21 bits per heavy atom. The van der Waals surface area contributed by atoms with Crippen LogP contribution in [0.25, 0.3) is 0 Å². The van der Waals surface area contributed by atoms with Crippen LogP contribution in [0.2, 0.25) is 0 Å². The molecule has 0 bridgehead atoms. The molecular weight excluding hydrogens is 366 g/mol. The predicted octanol–water partition coefficient (Wildman–Crippen LogP) is 4.06. The predicted molar refractivity (Wildman–Crippen MR) is 111 cm³/mol. The molecule has 6 nitrogen and oxygen atoms in total. The number of para-hydroxylation sites is 1. The van der Waals surface area contributed by atoms with E-state index in [4.69, 9.17) is 0 Å². The number of amides is 3. The molecule has 1 aliphatic rings. The third-order valence-electron chi connectivity index (χ3n) is 4.67. The maximum Gasteiger partial charge on any atom is 0.261 e. The van der Waals surface area contributed by atoms with Gasteiger partial charge in [0.2, 0.25) is 5.91 Å².